The van der Waals surface area contributed by atoms with Gasteiger partial charge in [0.2, 0.25) is 6.23 Å². The van der Waals surface area contributed by atoms with Crippen LogP contribution < -0.4 is 4.74 Å². The molecule has 0 aromatic heterocycles. The molecule has 0 saturated heterocycles. The van der Waals surface area contributed by atoms with Crippen LogP contribution in [0.25, 0.3) is 0 Å². The molecule has 0 aliphatic carbocycles. The second-order valence-corrected chi connectivity index (χ2v) is 8.65. The fraction of sp³-hybridized carbons (Fsp3) is 0.136. The first-order valence-electron chi connectivity index (χ1n) is 8.92. The second-order valence-electron chi connectivity index (χ2n) is 6.86. The van der Waals surface area contributed by atoms with Crippen LogP contribution >= 0.6 is 39.1 Å². The summed E-state index contributed by atoms with van der Waals surface area (Å²) < 4.78 is 7.39. The number of hydrazone groups is 1. The van der Waals surface area contributed by atoms with Gasteiger partial charge in [-0.15, -0.1) is 0 Å². The van der Waals surface area contributed by atoms with E-state index in [1.54, 1.807) is 0 Å². The molecule has 0 bridgehead atoms. The second kappa shape index (κ2) is 7.11. The smallest absolute Gasteiger partial charge is 0.213 e. The summed E-state index contributed by atoms with van der Waals surface area (Å²) in [5.74, 6) is 0.886. The molecule has 0 unspecified atom stereocenters. The summed E-state index contributed by atoms with van der Waals surface area (Å²) >= 11 is 15.7. The number of nitrogens with zero attached hydrogens (tertiary/aromatic N) is 2. The molecule has 0 N–H and O–H groups in total. The minimum Gasteiger partial charge on any atom is -0.464 e. The molecule has 3 nitrogen and oxygen atoms in total. The van der Waals surface area contributed by atoms with E-state index in [2.05, 4.69) is 27.0 Å². The largest absolute Gasteiger partial charge is 0.464 e. The van der Waals surface area contributed by atoms with E-state index >= 15 is 0 Å². The van der Waals surface area contributed by atoms with Gasteiger partial charge in [-0.05, 0) is 48.0 Å². The lowest BCUT2D eigenvalue weighted by molar-refractivity contribution is -0.0190. The van der Waals surface area contributed by atoms with Crippen LogP contribution in [0.2, 0.25) is 10.0 Å². The van der Waals surface area contributed by atoms with Crippen LogP contribution in [0.3, 0.4) is 0 Å². The fourth-order valence-corrected chi connectivity index (χ4v) is 4.35. The number of rotatable bonds is 2. The number of benzene rings is 3. The zero-order valence-electron chi connectivity index (χ0n) is 14.6. The van der Waals surface area contributed by atoms with Gasteiger partial charge in [0.15, 0.2) is 0 Å². The van der Waals surface area contributed by atoms with Crippen LogP contribution in [-0.4, -0.2) is 10.7 Å². The Kier molecular flexibility index (Phi) is 4.58. The number of hydrogen-bond acceptors (Lipinski definition) is 3. The van der Waals surface area contributed by atoms with E-state index in [4.69, 9.17) is 33.0 Å². The minimum absolute atomic E-state index is 0.104. The highest BCUT2D eigenvalue weighted by molar-refractivity contribution is 9.10. The van der Waals surface area contributed by atoms with Gasteiger partial charge in [-0.1, -0.05) is 63.4 Å². The Labute approximate surface area is 181 Å². The summed E-state index contributed by atoms with van der Waals surface area (Å²) in [6, 6.07) is 21.8. The maximum atomic E-state index is 6.36. The van der Waals surface area contributed by atoms with Gasteiger partial charge < -0.3 is 4.74 Å². The molecule has 5 rings (SSSR count). The molecule has 0 radical (unpaired) electrons. The van der Waals surface area contributed by atoms with E-state index in [1.165, 1.54) is 0 Å². The average Bonchev–Trinajstić information content (AvgIpc) is 3.14. The third-order valence-corrected chi connectivity index (χ3v) is 6.08. The number of fused-ring (bicyclic) bond motifs is 3. The molecular formula is C22H15BrCl2N2O. The van der Waals surface area contributed by atoms with Gasteiger partial charge in [-0.25, -0.2) is 5.01 Å². The highest BCUT2D eigenvalue weighted by Crippen LogP contribution is 2.48. The van der Waals surface area contributed by atoms with Crippen molar-refractivity contribution in [1.82, 2.24) is 5.01 Å². The van der Waals surface area contributed by atoms with Crippen molar-refractivity contribution < 1.29 is 4.74 Å². The van der Waals surface area contributed by atoms with Crippen LogP contribution in [0.5, 0.6) is 5.75 Å². The van der Waals surface area contributed by atoms with Gasteiger partial charge in [-0.3, -0.25) is 0 Å². The molecule has 0 amide bonds. The summed E-state index contributed by atoms with van der Waals surface area (Å²) in [5.41, 5.74) is 4.25. The average molecular weight is 474 g/mol. The lowest BCUT2D eigenvalue weighted by Gasteiger charge is -2.38. The van der Waals surface area contributed by atoms with Gasteiger partial charge in [0, 0.05) is 32.1 Å². The predicted molar refractivity (Wildman–Crippen MR) is 116 cm³/mol. The topological polar surface area (TPSA) is 24.8 Å². The Morgan fingerprint density at radius 2 is 1.61 bits per heavy atom. The molecule has 28 heavy (non-hydrogen) atoms. The number of hydrogen-bond donors (Lipinski definition) is 0. The van der Waals surface area contributed by atoms with E-state index in [9.17, 15) is 0 Å². The predicted octanol–water partition coefficient (Wildman–Crippen LogP) is 7.00. The Bertz CT molecular complexity index is 1070. The van der Waals surface area contributed by atoms with Gasteiger partial charge in [0.25, 0.3) is 0 Å². The van der Waals surface area contributed by atoms with E-state index in [0.717, 1.165) is 44.1 Å². The van der Waals surface area contributed by atoms with Gasteiger partial charge in [0.05, 0.1) is 11.8 Å². The first kappa shape index (κ1) is 18.0. The normalized spacial score (nSPS) is 20.2. The van der Waals surface area contributed by atoms with Crippen molar-refractivity contribution in [2.24, 2.45) is 5.10 Å². The lowest BCUT2D eigenvalue weighted by Crippen LogP contribution is -2.33. The van der Waals surface area contributed by atoms with E-state index in [0.29, 0.717) is 5.02 Å². The SMILES string of the molecule is Clc1ccc(C2=NN3[C@H](C2)c2cc(Br)ccc2O[C@@H]3c2ccc(Cl)cc2)cc1. The molecule has 2 aliphatic rings. The Hall–Kier alpha value is -2.01. The first-order valence-corrected chi connectivity index (χ1v) is 10.5. The molecule has 3 aromatic carbocycles. The Balaban J connectivity index is 1.59. The molecule has 3 aromatic rings. The van der Waals surface area contributed by atoms with Crippen LogP contribution in [0.1, 0.15) is 35.4 Å². The third-order valence-electron chi connectivity index (χ3n) is 5.08. The van der Waals surface area contributed by atoms with Crippen molar-refractivity contribution in [2.45, 2.75) is 18.7 Å². The van der Waals surface area contributed by atoms with Crippen molar-refractivity contribution in [3.05, 3.63) is 97.9 Å². The zero-order valence-corrected chi connectivity index (χ0v) is 17.7. The molecule has 0 fully saturated rings. The molecule has 6 heteroatoms. The van der Waals surface area contributed by atoms with Gasteiger partial charge in [-0.2, -0.15) is 5.10 Å². The molecule has 0 saturated carbocycles. The molecule has 2 heterocycles. The number of halogens is 3. The van der Waals surface area contributed by atoms with Crippen molar-refractivity contribution in [3.63, 3.8) is 0 Å². The van der Waals surface area contributed by atoms with Crippen molar-refractivity contribution in [3.8, 4) is 5.75 Å². The van der Waals surface area contributed by atoms with Gasteiger partial charge in [0.1, 0.15) is 5.75 Å². The molecule has 140 valence electrons. The monoisotopic (exact) mass is 472 g/mol. The molecule has 2 atom stereocenters. The minimum atomic E-state index is -0.305. The van der Waals surface area contributed by atoms with Crippen LogP contribution in [0.4, 0.5) is 0 Å². The maximum absolute atomic E-state index is 6.36. The maximum Gasteiger partial charge on any atom is 0.213 e. The van der Waals surface area contributed by atoms with Gasteiger partial charge >= 0.3 is 0 Å². The summed E-state index contributed by atoms with van der Waals surface area (Å²) in [7, 11) is 0. The van der Waals surface area contributed by atoms with Crippen LogP contribution in [0.15, 0.2) is 76.3 Å². The highest BCUT2D eigenvalue weighted by Gasteiger charge is 2.41. The number of ether oxygens (including phenoxy) is 1. The van der Waals surface area contributed by atoms with E-state index in [1.807, 2.05) is 60.7 Å². The van der Waals surface area contributed by atoms with E-state index < -0.39 is 0 Å². The summed E-state index contributed by atoms with van der Waals surface area (Å²) in [6.07, 6.45) is 0.499. The molecular weight excluding hydrogens is 459 g/mol. The third kappa shape index (κ3) is 3.20. The fourth-order valence-electron chi connectivity index (χ4n) is 3.72. The highest BCUT2D eigenvalue weighted by atomic mass is 79.9. The quantitative estimate of drug-likeness (QED) is 0.400. The summed E-state index contributed by atoms with van der Waals surface area (Å²) in [4.78, 5) is 0. The standard InChI is InChI=1S/C22H15BrCl2N2O/c23-15-5-10-21-18(11-15)20-12-19(13-1-6-16(24)7-2-13)26-27(20)22(28-21)14-3-8-17(25)9-4-14/h1-11,20,22H,12H2/t20-,22-/m1/s1. The van der Waals surface area contributed by atoms with Crippen molar-refractivity contribution in [2.75, 3.05) is 0 Å². The summed E-state index contributed by atoms with van der Waals surface area (Å²) in [6.45, 7) is 0. The van der Waals surface area contributed by atoms with E-state index in [-0.39, 0.29) is 12.3 Å². The molecule has 2 aliphatic heterocycles. The van der Waals surface area contributed by atoms with Crippen molar-refractivity contribution in [1.29, 1.82) is 0 Å². The zero-order chi connectivity index (χ0) is 19.3. The summed E-state index contributed by atoms with van der Waals surface area (Å²) in [5, 5.41) is 8.43. The molecule has 0 spiro atoms. The van der Waals surface area contributed by atoms with Crippen molar-refractivity contribution >= 4 is 44.8 Å². The van der Waals surface area contributed by atoms with Crippen LogP contribution in [-0.2, 0) is 0 Å². The lowest BCUT2D eigenvalue weighted by atomic mass is 9.96. The Morgan fingerprint density at radius 1 is 0.929 bits per heavy atom. The Morgan fingerprint density at radius 3 is 2.32 bits per heavy atom. The van der Waals surface area contributed by atoms with Crippen LogP contribution in [0, 0.1) is 0 Å². The first-order chi connectivity index (χ1) is 13.6.